The summed E-state index contributed by atoms with van der Waals surface area (Å²) >= 11 is 0. The molecule has 146 valence electrons. The summed E-state index contributed by atoms with van der Waals surface area (Å²) in [5, 5.41) is 9.73. The van der Waals surface area contributed by atoms with Crippen LogP contribution in [0.1, 0.15) is 23.4 Å². The van der Waals surface area contributed by atoms with E-state index in [-0.39, 0.29) is 6.61 Å². The van der Waals surface area contributed by atoms with Crippen molar-refractivity contribution in [1.82, 2.24) is 4.90 Å². The topological polar surface area (TPSA) is 85.3 Å². The first-order valence-electron chi connectivity index (χ1n) is 8.70. The summed E-state index contributed by atoms with van der Waals surface area (Å²) in [6.07, 6.45) is -1.40. The average molecular weight is 383 g/mol. The number of carboxylic acid groups (broad SMARTS) is 1. The van der Waals surface area contributed by atoms with Crippen LogP contribution >= 0.6 is 0 Å². The Labute approximate surface area is 162 Å². The number of carboxylic acids is 1. The quantitative estimate of drug-likeness (QED) is 0.768. The highest BCUT2D eigenvalue weighted by molar-refractivity contribution is 5.77. The fourth-order valence-electron chi connectivity index (χ4n) is 3.17. The molecule has 7 nitrogen and oxygen atoms in total. The summed E-state index contributed by atoms with van der Waals surface area (Å²) in [7, 11) is 1.55. The molecule has 1 saturated heterocycles. The van der Waals surface area contributed by atoms with Gasteiger partial charge in [-0.15, -0.1) is 0 Å². The molecule has 1 unspecified atom stereocenters. The van der Waals surface area contributed by atoms with Crippen molar-refractivity contribution < 1.29 is 28.9 Å². The Balaban J connectivity index is 2.04. The summed E-state index contributed by atoms with van der Waals surface area (Å²) in [4.78, 5) is 26.0. The Morgan fingerprint density at radius 1 is 1.14 bits per heavy atom. The lowest BCUT2D eigenvalue weighted by Crippen LogP contribution is -2.37. The minimum Gasteiger partial charge on any atom is -0.497 e. The van der Waals surface area contributed by atoms with Crippen molar-refractivity contribution in [2.24, 2.45) is 0 Å². The van der Waals surface area contributed by atoms with Crippen molar-refractivity contribution in [2.45, 2.75) is 18.4 Å². The molecule has 0 aliphatic carbocycles. The van der Waals surface area contributed by atoms with Gasteiger partial charge in [0.05, 0.1) is 7.11 Å². The van der Waals surface area contributed by atoms with Gasteiger partial charge in [0.1, 0.15) is 18.4 Å². The zero-order chi connectivity index (χ0) is 20.1. The Bertz CT molecular complexity index is 836. The number of hydrogen-bond donors (Lipinski definition) is 1. The summed E-state index contributed by atoms with van der Waals surface area (Å²) in [6.45, 7) is 3.54. The summed E-state index contributed by atoms with van der Waals surface area (Å²) in [5.41, 5.74) is 1.25. The number of nitrogens with zero attached hydrogens (tertiary/aromatic N) is 1. The predicted octanol–water partition coefficient (Wildman–Crippen LogP) is 3.54. The molecule has 1 amide bonds. The fraction of sp³-hybridized carbons (Fsp3) is 0.238. The van der Waals surface area contributed by atoms with E-state index in [1.807, 2.05) is 6.07 Å². The highest BCUT2D eigenvalue weighted by Gasteiger charge is 2.50. The van der Waals surface area contributed by atoms with Gasteiger partial charge in [-0.2, -0.15) is 0 Å². The summed E-state index contributed by atoms with van der Waals surface area (Å²) in [5.74, 6) is -0.525. The molecule has 0 spiro atoms. The van der Waals surface area contributed by atoms with Crippen molar-refractivity contribution in [3.8, 4) is 5.75 Å². The maximum absolute atomic E-state index is 12.8. The Kier molecular flexibility index (Phi) is 5.96. The Hall–Kier alpha value is -3.32. The van der Waals surface area contributed by atoms with Gasteiger partial charge in [-0.25, -0.2) is 9.59 Å². The molecule has 2 aromatic carbocycles. The molecule has 1 heterocycles. The van der Waals surface area contributed by atoms with Crippen LogP contribution in [0.5, 0.6) is 5.75 Å². The Morgan fingerprint density at radius 3 is 2.39 bits per heavy atom. The zero-order valence-electron chi connectivity index (χ0n) is 15.4. The van der Waals surface area contributed by atoms with E-state index in [1.54, 1.807) is 55.6 Å². The number of methoxy groups -OCH3 is 1. The van der Waals surface area contributed by atoms with Gasteiger partial charge < -0.3 is 19.3 Å². The molecule has 1 fully saturated rings. The second kappa shape index (κ2) is 8.58. The fourth-order valence-corrected chi connectivity index (χ4v) is 3.17. The summed E-state index contributed by atoms with van der Waals surface area (Å²) in [6, 6.07) is 14.9. The van der Waals surface area contributed by atoms with Crippen LogP contribution in [0.4, 0.5) is 4.79 Å². The minimum atomic E-state index is -1.24. The molecule has 1 aliphatic heterocycles. The van der Waals surface area contributed by atoms with Gasteiger partial charge in [0, 0.05) is 5.56 Å². The number of amides is 1. The van der Waals surface area contributed by atoms with E-state index >= 15 is 0 Å². The highest BCUT2D eigenvalue weighted by Crippen LogP contribution is 2.43. The molecule has 0 aromatic heterocycles. The van der Waals surface area contributed by atoms with E-state index < -0.39 is 30.4 Å². The monoisotopic (exact) mass is 383 g/mol. The number of hydrogen-bond acceptors (Lipinski definition) is 5. The van der Waals surface area contributed by atoms with E-state index in [2.05, 4.69) is 6.58 Å². The van der Waals surface area contributed by atoms with Gasteiger partial charge in [-0.1, -0.05) is 55.1 Å². The van der Waals surface area contributed by atoms with Crippen LogP contribution in [0.2, 0.25) is 0 Å². The van der Waals surface area contributed by atoms with Crippen molar-refractivity contribution in [3.05, 3.63) is 78.4 Å². The lowest BCUT2D eigenvalue weighted by Gasteiger charge is -2.28. The molecular formula is C21H21NO6. The van der Waals surface area contributed by atoms with Crippen LogP contribution in [0.25, 0.3) is 0 Å². The second-order valence-corrected chi connectivity index (χ2v) is 6.15. The first-order chi connectivity index (χ1) is 13.6. The molecule has 28 heavy (non-hydrogen) atoms. The normalized spacial score (nSPS) is 21.2. The second-order valence-electron chi connectivity index (χ2n) is 6.15. The van der Waals surface area contributed by atoms with E-state index in [4.69, 9.17) is 14.2 Å². The van der Waals surface area contributed by atoms with E-state index in [0.29, 0.717) is 16.9 Å². The predicted molar refractivity (Wildman–Crippen MR) is 101 cm³/mol. The van der Waals surface area contributed by atoms with Crippen LogP contribution in [0, 0.1) is 0 Å². The molecule has 1 aliphatic rings. The lowest BCUT2D eigenvalue weighted by molar-refractivity contribution is -0.150. The Morgan fingerprint density at radius 2 is 1.82 bits per heavy atom. The number of benzene rings is 2. The molecule has 0 radical (unpaired) electrons. The minimum absolute atomic E-state index is 0.00388. The van der Waals surface area contributed by atoms with Crippen LogP contribution in [0.15, 0.2) is 67.3 Å². The van der Waals surface area contributed by atoms with Gasteiger partial charge in [0.15, 0.2) is 12.3 Å². The number of carbonyl (C=O) groups excluding carboxylic acids is 1. The molecule has 2 aromatic rings. The van der Waals surface area contributed by atoms with Crippen molar-refractivity contribution in [1.29, 1.82) is 0 Å². The third kappa shape index (κ3) is 3.84. The molecule has 1 N–H and O–H groups in total. The molecule has 0 saturated carbocycles. The maximum Gasteiger partial charge on any atom is 0.413 e. The maximum atomic E-state index is 12.8. The largest absolute Gasteiger partial charge is 0.497 e. The number of ether oxygens (including phenoxy) is 3. The molecule has 7 heteroatoms. The van der Waals surface area contributed by atoms with Crippen molar-refractivity contribution in [3.63, 3.8) is 0 Å². The SMILES string of the molecule is C=CCOC(=O)N1C(c2ccccc2)[C@H](C(=O)O)O[C@@H]1c1ccc(OC)cc1. The van der Waals surface area contributed by atoms with Gasteiger partial charge in [0.25, 0.3) is 0 Å². The molecule has 3 rings (SSSR count). The van der Waals surface area contributed by atoms with E-state index in [9.17, 15) is 14.7 Å². The molecule has 3 atom stereocenters. The van der Waals surface area contributed by atoms with E-state index in [1.165, 1.54) is 11.0 Å². The third-order valence-corrected chi connectivity index (χ3v) is 4.44. The van der Waals surface area contributed by atoms with Crippen LogP contribution in [0.3, 0.4) is 0 Å². The number of carbonyl (C=O) groups is 2. The van der Waals surface area contributed by atoms with E-state index in [0.717, 1.165) is 0 Å². The van der Waals surface area contributed by atoms with Gasteiger partial charge in [-0.3, -0.25) is 4.90 Å². The third-order valence-electron chi connectivity index (χ3n) is 4.44. The van der Waals surface area contributed by atoms with Crippen molar-refractivity contribution in [2.75, 3.05) is 13.7 Å². The highest BCUT2D eigenvalue weighted by atomic mass is 16.6. The van der Waals surface area contributed by atoms with Crippen LogP contribution in [-0.2, 0) is 14.3 Å². The molecule has 0 bridgehead atoms. The zero-order valence-corrected chi connectivity index (χ0v) is 15.4. The van der Waals surface area contributed by atoms with Crippen molar-refractivity contribution >= 4 is 12.1 Å². The smallest absolute Gasteiger partial charge is 0.413 e. The summed E-state index contributed by atoms with van der Waals surface area (Å²) < 4.78 is 16.2. The lowest BCUT2D eigenvalue weighted by atomic mass is 10.0. The van der Waals surface area contributed by atoms with Gasteiger partial charge in [0.2, 0.25) is 0 Å². The van der Waals surface area contributed by atoms with Crippen LogP contribution in [-0.4, -0.2) is 41.9 Å². The van der Waals surface area contributed by atoms with Gasteiger partial charge in [-0.05, 0) is 17.7 Å². The standard InChI is InChI=1S/C21H21NO6/c1-3-13-27-21(25)22-17(14-7-5-4-6-8-14)18(20(23)24)28-19(22)15-9-11-16(26-2)12-10-15/h3-12,17-19H,1,13H2,2H3,(H,23,24)/t17?,18-,19-/m1/s1. The average Bonchev–Trinajstić information content (AvgIpc) is 3.13. The number of aliphatic carboxylic acids is 1. The van der Waals surface area contributed by atoms with Crippen LogP contribution < -0.4 is 4.74 Å². The first-order valence-corrected chi connectivity index (χ1v) is 8.70. The molecular weight excluding hydrogens is 362 g/mol. The van der Waals surface area contributed by atoms with Gasteiger partial charge >= 0.3 is 12.1 Å². The number of rotatable bonds is 6. The first kappa shape index (κ1) is 19.4.